The smallest absolute Gasteiger partial charge is 0.231 e. The third kappa shape index (κ3) is 3.19. The molecule has 1 fully saturated rings. The standard InChI is InChI=1S/C18H16FN3O2S/c1-11-4-5-15(14(19)7-11)22-10-12(8-17(22)23)18-20-16(24-21-18)9-13-3-2-6-25-13/h2-7,12H,8-10H2,1H3. The van der Waals surface area contributed by atoms with E-state index in [2.05, 4.69) is 10.1 Å². The van der Waals surface area contributed by atoms with Crippen LogP contribution in [0.2, 0.25) is 0 Å². The number of nitrogens with zero attached hydrogens (tertiary/aromatic N) is 3. The van der Waals surface area contributed by atoms with Gasteiger partial charge < -0.3 is 9.42 Å². The number of rotatable bonds is 4. The van der Waals surface area contributed by atoms with E-state index in [0.29, 0.717) is 30.4 Å². The average molecular weight is 357 g/mol. The number of aromatic nitrogens is 2. The first kappa shape index (κ1) is 16.0. The highest BCUT2D eigenvalue weighted by molar-refractivity contribution is 7.09. The van der Waals surface area contributed by atoms with Gasteiger partial charge in [-0.1, -0.05) is 17.3 Å². The highest BCUT2D eigenvalue weighted by Gasteiger charge is 2.35. The van der Waals surface area contributed by atoms with Crippen LogP contribution in [0.4, 0.5) is 10.1 Å². The molecule has 128 valence electrons. The molecule has 1 unspecified atom stereocenters. The van der Waals surface area contributed by atoms with Gasteiger partial charge in [-0.15, -0.1) is 11.3 Å². The number of aryl methyl sites for hydroxylation is 1. The number of carbonyl (C=O) groups excluding carboxylic acids is 1. The summed E-state index contributed by atoms with van der Waals surface area (Å²) in [5.74, 6) is 0.340. The van der Waals surface area contributed by atoms with Gasteiger partial charge in [0.05, 0.1) is 12.1 Å². The minimum absolute atomic E-state index is 0.127. The van der Waals surface area contributed by atoms with Crippen molar-refractivity contribution >= 4 is 22.9 Å². The quantitative estimate of drug-likeness (QED) is 0.714. The lowest BCUT2D eigenvalue weighted by molar-refractivity contribution is -0.117. The topological polar surface area (TPSA) is 59.2 Å². The molecule has 0 radical (unpaired) electrons. The van der Waals surface area contributed by atoms with Gasteiger partial charge in [-0.25, -0.2) is 4.39 Å². The molecule has 1 aromatic carbocycles. The second-order valence-electron chi connectivity index (χ2n) is 6.16. The first-order valence-electron chi connectivity index (χ1n) is 8.01. The molecule has 1 atom stereocenters. The lowest BCUT2D eigenvalue weighted by Crippen LogP contribution is -2.25. The van der Waals surface area contributed by atoms with Crippen LogP contribution in [-0.2, 0) is 11.2 Å². The molecule has 1 aliphatic heterocycles. The lowest BCUT2D eigenvalue weighted by Gasteiger charge is -2.17. The van der Waals surface area contributed by atoms with Crippen molar-refractivity contribution in [2.75, 3.05) is 11.4 Å². The molecule has 25 heavy (non-hydrogen) atoms. The van der Waals surface area contributed by atoms with Crippen molar-refractivity contribution in [3.8, 4) is 0 Å². The summed E-state index contributed by atoms with van der Waals surface area (Å²) >= 11 is 1.63. The van der Waals surface area contributed by atoms with Crippen molar-refractivity contribution in [1.29, 1.82) is 0 Å². The zero-order chi connectivity index (χ0) is 17.4. The fourth-order valence-electron chi connectivity index (χ4n) is 3.01. The van der Waals surface area contributed by atoms with E-state index in [1.165, 1.54) is 11.0 Å². The van der Waals surface area contributed by atoms with Crippen LogP contribution in [-0.4, -0.2) is 22.6 Å². The maximum atomic E-state index is 14.2. The highest BCUT2D eigenvalue weighted by Crippen LogP contribution is 2.32. The summed E-state index contributed by atoms with van der Waals surface area (Å²) in [6.07, 6.45) is 0.840. The number of amides is 1. The summed E-state index contributed by atoms with van der Waals surface area (Å²) in [6, 6.07) is 8.86. The first-order valence-corrected chi connectivity index (χ1v) is 8.89. The van der Waals surface area contributed by atoms with Gasteiger partial charge in [-0.2, -0.15) is 4.98 Å². The summed E-state index contributed by atoms with van der Waals surface area (Å²) in [7, 11) is 0. The van der Waals surface area contributed by atoms with E-state index in [-0.39, 0.29) is 24.1 Å². The Morgan fingerprint density at radius 3 is 3.04 bits per heavy atom. The number of anilines is 1. The van der Waals surface area contributed by atoms with Gasteiger partial charge >= 0.3 is 0 Å². The Labute approximate surface area is 148 Å². The maximum Gasteiger partial charge on any atom is 0.231 e. The van der Waals surface area contributed by atoms with E-state index < -0.39 is 0 Å². The molecule has 0 N–H and O–H groups in total. The Kier molecular flexibility index (Phi) is 4.09. The predicted octanol–water partition coefficient (Wildman–Crippen LogP) is 3.69. The summed E-state index contributed by atoms with van der Waals surface area (Å²) < 4.78 is 19.5. The van der Waals surface area contributed by atoms with E-state index in [0.717, 1.165) is 10.4 Å². The zero-order valence-electron chi connectivity index (χ0n) is 13.6. The van der Waals surface area contributed by atoms with Gasteiger partial charge in [-0.05, 0) is 36.1 Å². The molecule has 0 saturated carbocycles. The Morgan fingerprint density at radius 1 is 1.40 bits per heavy atom. The number of carbonyl (C=O) groups is 1. The van der Waals surface area contributed by atoms with Crippen LogP contribution in [0.25, 0.3) is 0 Å². The maximum absolute atomic E-state index is 14.2. The number of hydrogen-bond donors (Lipinski definition) is 0. The highest BCUT2D eigenvalue weighted by atomic mass is 32.1. The Balaban J connectivity index is 1.51. The van der Waals surface area contributed by atoms with E-state index >= 15 is 0 Å². The summed E-state index contributed by atoms with van der Waals surface area (Å²) in [5, 5.41) is 6.02. The minimum Gasteiger partial charge on any atom is -0.339 e. The molecule has 2 aromatic heterocycles. The summed E-state index contributed by atoms with van der Waals surface area (Å²) in [5.41, 5.74) is 1.13. The third-order valence-corrected chi connectivity index (χ3v) is 5.15. The van der Waals surface area contributed by atoms with Crippen LogP contribution in [0.15, 0.2) is 40.2 Å². The zero-order valence-corrected chi connectivity index (χ0v) is 14.4. The molecule has 5 nitrogen and oxygen atoms in total. The number of hydrogen-bond acceptors (Lipinski definition) is 5. The largest absolute Gasteiger partial charge is 0.339 e. The first-order chi connectivity index (χ1) is 12.1. The molecule has 3 heterocycles. The van der Waals surface area contributed by atoms with Crippen molar-refractivity contribution in [2.24, 2.45) is 0 Å². The van der Waals surface area contributed by atoms with Crippen molar-refractivity contribution in [3.05, 3.63) is 63.7 Å². The fourth-order valence-corrected chi connectivity index (χ4v) is 3.71. The van der Waals surface area contributed by atoms with Crippen LogP contribution >= 0.6 is 11.3 Å². The van der Waals surface area contributed by atoms with E-state index in [1.807, 2.05) is 24.4 Å². The average Bonchev–Trinajstić information content (AvgIpc) is 3.30. The second kappa shape index (κ2) is 6.40. The Bertz CT molecular complexity index is 907. The number of benzene rings is 1. The van der Waals surface area contributed by atoms with Crippen LogP contribution in [0.1, 0.15) is 34.5 Å². The molecule has 3 aromatic rings. The Morgan fingerprint density at radius 2 is 2.28 bits per heavy atom. The SMILES string of the molecule is Cc1ccc(N2CC(c3noc(Cc4cccs4)n3)CC2=O)c(F)c1. The van der Waals surface area contributed by atoms with Gasteiger partial charge in [0.2, 0.25) is 11.8 Å². The molecular formula is C18H16FN3O2S. The van der Waals surface area contributed by atoms with Gasteiger partial charge in [0.15, 0.2) is 5.82 Å². The molecule has 7 heteroatoms. The van der Waals surface area contributed by atoms with Gasteiger partial charge in [0.1, 0.15) is 5.82 Å². The Hall–Kier alpha value is -2.54. The monoisotopic (exact) mass is 357 g/mol. The van der Waals surface area contributed by atoms with Crippen LogP contribution in [0.5, 0.6) is 0 Å². The van der Waals surface area contributed by atoms with Crippen LogP contribution in [0, 0.1) is 12.7 Å². The number of thiophene rings is 1. The normalized spacial score (nSPS) is 17.4. The van der Waals surface area contributed by atoms with E-state index in [4.69, 9.17) is 4.52 Å². The molecule has 0 aliphatic carbocycles. The van der Waals surface area contributed by atoms with Crippen molar-refractivity contribution < 1.29 is 13.7 Å². The molecule has 1 saturated heterocycles. The van der Waals surface area contributed by atoms with Gasteiger partial charge in [0.25, 0.3) is 0 Å². The van der Waals surface area contributed by atoms with Crippen molar-refractivity contribution in [1.82, 2.24) is 10.1 Å². The van der Waals surface area contributed by atoms with E-state index in [9.17, 15) is 9.18 Å². The molecular weight excluding hydrogens is 341 g/mol. The number of halogens is 1. The molecule has 0 spiro atoms. The molecule has 4 rings (SSSR count). The van der Waals surface area contributed by atoms with Crippen LogP contribution < -0.4 is 4.90 Å². The minimum atomic E-state index is -0.388. The predicted molar refractivity (Wildman–Crippen MR) is 92.3 cm³/mol. The fraction of sp³-hybridized carbons (Fsp3) is 0.278. The molecule has 1 amide bonds. The molecule has 0 bridgehead atoms. The van der Waals surface area contributed by atoms with Gasteiger partial charge in [-0.3, -0.25) is 4.79 Å². The van der Waals surface area contributed by atoms with E-state index in [1.54, 1.807) is 23.5 Å². The third-order valence-electron chi connectivity index (χ3n) is 4.27. The molecule has 1 aliphatic rings. The summed E-state index contributed by atoms with van der Waals surface area (Å²) in [6.45, 7) is 2.17. The van der Waals surface area contributed by atoms with Gasteiger partial charge in [0, 0.05) is 23.8 Å². The van der Waals surface area contributed by atoms with Crippen molar-refractivity contribution in [3.63, 3.8) is 0 Å². The summed E-state index contributed by atoms with van der Waals surface area (Å²) in [4.78, 5) is 19.4. The van der Waals surface area contributed by atoms with Crippen molar-refractivity contribution in [2.45, 2.75) is 25.7 Å². The van der Waals surface area contributed by atoms with Crippen LogP contribution in [0.3, 0.4) is 0 Å². The lowest BCUT2D eigenvalue weighted by atomic mass is 10.1. The second-order valence-corrected chi connectivity index (χ2v) is 7.19.